The van der Waals surface area contributed by atoms with E-state index >= 15 is 0 Å². The van der Waals surface area contributed by atoms with Gasteiger partial charge in [0.05, 0.1) is 11.7 Å². The molecule has 0 fully saturated rings. The van der Waals surface area contributed by atoms with Gasteiger partial charge in [-0.2, -0.15) is 0 Å². The minimum Gasteiger partial charge on any atom is -0.271 e. The predicted octanol–water partition coefficient (Wildman–Crippen LogP) is 1.89. The lowest BCUT2D eigenvalue weighted by Crippen LogP contribution is -2.29. The van der Waals surface area contributed by atoms with Crippen LogP contribution in [0.3, 0.4) is 0 Å². The van der Waals surface area contributed by atoms with Crippen LogP contribution in [0.1, 0.15) is 23.1 Å². The second kappa shape index (κ2) is 5.32. The molecule has 100 valence electrons. The van der Waals surface area contributed by atoms with Crippen LogP contribution in [-0.4, -0.2) is 15.0 Å². The normalized spacial score (nSPS) is 12.5. The summed E-state index contributed by atoms with van der Waals surface area (Å²) in [5.74, 6) is 6.47. The van der Waals surface area contributed by atoms with Crippen LogP contribution in [0.15, 0.2) is 48.9 Å². The van der Waals surface area contributed by atoms with Gasteiger partial charge < -0.3 is 0 Å². The van der Waals surface area contributed by atoms with Gasteiger partial charge in [0.25, 0.3) is 0 Å². The van der Waals surface area contributed by atoms with Crippen LogP contribution >= 0.6 is 0 Å². The first-order valence-corrected chi connectivity index (χ1v) is 6.38. The fourth-order valence-corrected chi connectivity index (χ4v) is 2.36. The Hall–Kier alpha value is -2.37. The number of nitrogens with zero attached hydrogens (tertiary/aromatic N) is 3. The van der Waals surface area contributed by atoms with E-state index in [1.54, 1.807) is 12.4 Å². The Balaban J connectivity index is 2.17. The summed E-state index contributed by atoms with van der Waals surface area (Å²) >= 11 is 0. The molecule has 2 aromatic heterocycles. The Morgan fingerprint density at radius 3 is 2.85 bits per heavy atom. The van der Waals surface area contributed by atoms with Gasteiger partial charge in [0.1, 0.15) is 5.82 Å². The fraction of sp³-hybridized carbons (Fsp3) is 0.133. The first-order valence-electron chi connectivity index (χ1n) is 6.38. The number of pyridine rings is 1. The number of hydrogen-bond donors (Lipinski definition) is 2. The third-order valence-corrected chi connectivity index (χ3v) is 3.29. The van der Waals surface area contributed by atoms with E-state index in [1.165, 1.54) is 0 Å². The minimum atomic E-state index is -0.190. The van der Waals surface area contributed by atoms with E-state index in [9.17, 15) is 0 Å². The molecule has 3 aromatic rings. The molecular formula is C15H15N5. The van der Waals surface area contributed by atoms with E-state index in [-0.39, 0.29) is 6.04 Å². The molecule has 1 aromatic carbocycles. The van der Waals surface area contributed by atoms with Crippen LogP contribution in [0.4, 0.5) is 0 Å². The molecule has 1 unspecified atom stereocenters. The van der Waals surface area contributed by atoms with Gasteiger partial charge in [-0.15, -0.1) is 0 Å². The summed E-state index contributed by atoms with van der Waals surface area (Å²) in [5.41, 5.74) is 4.73. The molecule has 1 atom stereocenters. The quantitative estimate of drug-likeness (QED) is 0.558. The highest BCUT2D eigenvalue weighted by Crippen LogP contribution is 2.26. The molecule has 0 saturated heterocycles. The lowest BCUT2D eigenvalue weighted by molar-refractivity contribution is 0.620. The largest absolute Gasteiger partial charge is 0.271 e. The summed E-state index contributed by atoms with van der Waals surface area (Å²) in [6.07, 6.45) is 5.38. The maximum absolute atomic E-state index is 5.75. The Morgan fingerprint density at radius 1 is 1.15 bits per heavy atom. The highest BCUT2D eigenvalue weighted by atomic mass is 15.2. The molecule has 0 bridgehead atoms. The van der Waals surface area contributed by atoms with Gasteiger partial charge in [0, 0.05) is 24.0 Å². The summed E-state index contributed by atoms with van der Waals surface area (Å²) in [6, 6.07) is 9.76. The van der Waals surface area contributed by atoms with Crippen LogP contribution in [0, 0.1) is 6.92 Å². The average molecular weight is 265 g/mol. The van der Waals surface area contributed by atoms with Crippen molar-refractivity contribution < 1.29 is 0 Å². The number of hydrogen-bond acceptors (Lipinski definition) is 5. The van der Waals surface area contributed by atoms with Gasteiger partial charge in [-0.05, 0) is 30.0 Å². The van der Waals surface area contributed by atoms with Gasteiger partial charge in [-0.1, -0.05) is 18.2 Å². The van der Waals surface area contributed by atoms with Crippen molar-refractivity contribution in [2.75, 3.05) is 0 Å². The molecule has 3 N–H and O–H groups in total. The van der Waals surface area contributed by atoms with Crippen molar-refractivity contribution >= 4 is 10.8 Å². The maximum Gasteiger partial charge on any atom is 0.125 e. The second-order valence-electron chi connectivity index (χ2n) is 4.57. The van der Waals surface area contributed by atoms with Gasteiger partial charge in [-0.25, -0.2) is 15.4 Å². The molecule has 0 saturated carbocycles. The summed E-state index contributed by atoms with van der Waals surface area (Å²) < 4.78 is 0. The zero-order valence-corrected chi connectivity index (χ0v) is 11.1. The van der Waals surface area contributed by atoms with Gasteiger partial charge >= 0.3 is 0 Å². The van der Waals surface area contributed by atoms with Crippen LogP contribution in [-0.2, 0) is 0 Å². The molecule has 3 rings (SSSR count). The van der Waals surface area contributed by atoms with Crippen LogP contribution in [0.2, 0.25) is 0 Å². The zero-order valence-electron chi connectivity index (χ0n) is 11.1. The van der Waals surface area contributed by atoms with Crippen LogP contribution in [0.5, 0.6) is 0 Å². The number of hydrazine groups is 1. The molecule has 5 nitrogen and oxygen atoms in total. The minimum absolute atomic E-state index is 0.190. The molecule has 5 heteroatoms. The number of fused-ring (bicyclic) bond motifs is 1. The van der Waals surface area contributed by atoms with Gasteiger partial charge in [0.2, 0.25) is 0 Å². The monoisotopic (exact) mass is 265 g/mol. The number of nitrogens with two attached hydrogens (primary N) is 1. The van der Waals surface area contributed by atoms with Crippen molar-refractivity contribution in [3.8, 4) is 0 Å². The Morgan fingerprint density at radius 2 is 2.05 bits per heavy atom. The van der Waals surface area contributed by atoms with E-state index < -0.39 is 0 Å². The van der Waals surface area contributed by atoms with Crippen LogP contribution in [0.25, 0.3) is 10.8 Å². The summed E-state index contributed by atoms with van der Waals surface area (Å²) in [6.45, 7) is 1.86. The zero-order chi connectivity index (χ0) is 13.9. The summed E-state index contributed by atoms with van der Waals surface area (Å²) in [4.78, 5) is 12.8. The summed E-state index contributed by atoms with van der Waals surface area (Å²) in [7, 11) is 0. The standard InChI is InChI=1S/C15H15N5/c1-10-18-8-6-14(19-10)15(20-16)12-4-2-3-11-5-7-17-9-13(11)12/h2-9,15,20H,16H2,1H3. The molecule has 0 radical (unpaired) electrons. The molecule has 0 aliphatic heterocycles. The fourth-order valence-electron chi connectivity index (χ4n) is 2.36. The van der Waals surface area contributed by atoms with E-state index in [0.29, 0.717) is 0 Å². The number of aromatic nitrogens is 3. The third-order valence-electron chi connectivity index (χ3n) is 3.29. The van der Waals surface area contributed by atoms with E-state index in [0.717, 1.165) is 27.9 Å². The first kappa shape index (κ1) is 12.7. The number of rotatable bonds is 3. The smallest absolute Gasteiger partial charge is 0.125 e. The molecule has 0 amide bonds. The molecule has 20 heavy (non-hydrogen) atoms. The van der Waals surface area contributed by atoms with Crippen molar-refractivity contribution in [3.05, 3.63) is 66.0 Å². The van der Waals surface area contributed by atoms with Crippen molar-refractivity contribution in [2.24, 2.45) is 5.84 Å². The average Bonchev–Trinajstić information content (AvgIpc) is 2.48. The SMILES string of the molecule is Cc1nccc(C(NN)c2cccc3ccncc23)n1. The van der Waals surface area contributed by atoms with Crippen LogP contribution < -0.4 is 11.3 Å². The van der Waals surface area contributed by atoms with E-state index in [1.807, 2.05) is 37.4 Å². The molecule has 2 heterocycles. The molecular weight excluding hydrogens is 250 g/mol. The van der Waals surface area contributed by atoms with E-state index in [4.69, 9.17) is 5.84 Å². The number of aryl methyl sites for hydroxylation is 1. The number of benzene rings is 1. The van der Waals surface area contributed by atoms with Crippen molar-refractivity contribution in [1.82, 2.24) is 20.4 Å². The topological polar surface area (TPSA) is 76.7 Å². The van der Waals surface area contributed by atoms with Crippen molar-refractivity contribution in [2.45, 2.75) is 13.0 Å². The molecule has 0 aliphatic rings. The maximum atomic E-state index is 5.75. The van der Waals surface area contributed by atoms with Crippen molar-refractivity contribution in [3.63, 3.8) is 0 Å². The number of nitrogens with one attached hydrogen (secondary N) is 1. The van der Waals surface area contributed by atoms with Gasteiger partial charge in [-0.3, -0.25) is 10.8 Å². The third kappa shape index (κ3) is 2.24. The highest BCUT2D eigenvalue weighted by molar-refractivity contribution is 5.85. The van der Waals surface area contributed by atoms with Gasteiger partial charge in [0.15, 0.2) is 0 Å². The predicted molar refractivity (Wildman–Crippen MR) is 77.7 cm³/mol. The second-order valence-corrected chi connectivity index (χ2v) is 4.57. The van der Waals surface area contributed by atoms with E-state index in [2.05, 4.69) is 26.4 Å². The summed E-state index contributed by atoms with van der Waals surface area (Å²) in [5, 5.41) is 2.19. The molecule has 0 spiro atoms. The lowest BCUT2D eigenvalue weighted by atomic mass is 9.98. The first-order chi connectivity index (χ1) is 9.79. The highest BCUT2D eigenvalue weighted by Gasteiger charge is 2.16. The van der Waals surface area contributed by atoms with Crippen molar-refractivity contribution in [1.29, 1.82) is 0 Å². The Labute approximate surface area is 116 Å². The lowest BCUT2D eigenvalue weighted by Gasteiger charge is -2.18. The Bertz CT molecular complexity index is 736. The molecule has 0 aliphatic carbocycles. The Kier molecular flexibility index (Phi) is 3.37.